The lowest BCUT2D eigenvalue weighted by molar-refractivity contribution is 0.348. The summed E-state index contributed by atoms with van der Waals surface area (Å²) in [7, 11) is 0. The van der Waals surface area contributed by atoms with Crippen molar-refractivity contribution in [2.24, 2.45) is 17.8 Å². The van der Waals surface area contributed by atoms with Gasteiger partial charge < -0.3 is 5.32 Å². The summed E-state index contributed by atoms with van der Waals surface area (Å²) >= 11 is 12.0. The van der Waals surface area contributed by atoms with Crippen LogP contribution in [0.5, 0.6) is 0 Å². The van der Waals surface area contributed by atoms with Crippen LogP contribution < -0.4 is 5.32 Å². The molecule has 0 radical (unpaired) electrons. The predicted molar refractivity (Wildman–Crippen MR) is 73.9 cm³/mol. The zero-order valence-electron chi connectivity index (χ0n) is 9.76. The van der Waals surface area contributed by atoms with E-state index in [4.69, 9.17) is 23.2 Å². The van der Waals surface area contributed by atoms with Crippen LogP contribution in [0.15, 0.2) is 18.2 Å². The van der Waals surface area contributed by atoms with Crippen LogP contribution in [0.3, 0.4) is 0 Å². The molecule has 17 heavy (non-hydrogen) atoms. The van der Waals surface area contributed by atoms with Crippen molar-refractivity contribution in [2.75, 3.05) is 11.9 Å². The Morgan fingerprint density at radius 2 is 1.82 bits per heavy atom. The molecule has 0 amide bonds. The number of benzene rings is 1. The van der Waals surface area contributed by atoms with Crippen molar-refractivity contribution in [3.8, 4) is 0 Å². The summed E-state index contributed by atoms with van der Waals surface area (Å²) in [5.41, 5.74) is 1.05. The van der Waals surface area contributed by atoms with Crippen LogP contribution in [-0.4, -0.2) is 6.54 Å². The Balaban J connectivity index is 1.60. The molecule has 2 bridgehead atoms. The van der Waals surface area contributed by atoms with Gasteiger partial charge in [-0.05, 0) is 55.2 Å². The number of halogens is 2. The maximum Gasteiger partial charge on any atom is 0.0441 e. The highest BCUT2D eigenvalue weighted by atomic mass is 35.5. The molecule has 2 saturated carbocycles. The molecule has 2 aliphatic carbocycles. The van der Waals surface area contributed by atoms with Gasteiger partial charge in [0.2, 0.25) is 0 Å². The first-order valence-corrected chi connectivity index (χ1v) is 7.16. The second kappa shape index (κ2) is 4.70. The van der Waals surface area contributed by atoms with Gasteiger partial charge >= 0.3 is 0 Å². The Bertz CT molecular complexity index is 398. The summed E-state index contributed by atoms with van der Waals surface area (Å²) in [6.45, 7) is 1.07. The summed E-state index contributed by atoms with van der Waals surface area (Å²) in [4.78, 5) is 0. The van der Waals surface area contributed by atoms with Gasteiger partial charge in [0, 0.05) is 22.3 Å². The van der Waals surface area contributed by atoms with E-state index in [9.17, 15) is 0 Å². The predicted octanol–water partition coefficient (Wildman–Crippen LogP) is 4.84. The number of fused-ring (bicyclic) bond motifs is 2. The summed E-state index contributed by atoms with van der Waals surface area (Å²) in [6.07, 6.45) is 5.77. The molecule has 92 valence electrons. The Labute approximate surface area is 112 Å². The molecule has 0 aliphatic heterocycles. The van der Waals surface area contributed by atoms with Gasteiger partial charge in [-0.2, -0.15) is 0 Å². The Hall–Kier alpha value is -0.400. The normalized spacial score (nSPS) is 30.8. The molecule has 2 fully saturated rings. The topological polar surface area (TPSA) is 12.0 Å². The van der Waals surface area contributed by atoms with Crippen molar-refractivity contribution < 1.29 is 0 Å². The van der Waals surface area contributed by atoms with E-state index in [2.05, 4.69) is 5.32 Å². The smallest absolute Gasteiger partial charge is 0.0441 e. The lowest BCUT2D eigenvalue weighted by atomic mass is 9.89. The van der Waals surface area contributed by atoms with E-state index < -0.39 is 0 Å². The zero-order valence-corrected chi connectivity index (χ0v) is 11.3. The first-order valence-electron chi connectivity index (χ1n) is 6.40. The van der Waals surface area contributed by atoms with Crippen LogP contribution in [0.1, 0.15) is 25.7 Å². The van der Waals surface area contributed by atoms with Crippen LogP contribution >= 0.6 is 23.2 Å². The minimum Gasteiger partial charge on any atom is -0.385 e. The average Bonchev–Trinajstić information content (AvgIpc) is 2.86. The van der Waals surface area contributed by atoms with Crippen molar-refractivity contribution in [1.29, 1.82) is 0 Å². The van der Waals surface area contributed by atoms with Crippen LogP contribution in [0, 0.1) is 17.8 Å². The van der Waals surface area contributed by atoms with Gasteiger partial charge in [0.1, 0.15) is 0 Å². The number of hydrogen-bond donors (Lipinski definition) is 1. The van der Waals surface area contributed by atoms with Crippen molar-refractivity contribution in [3.05, 3.63) is 28.2 Å². The molecule has 3 rings (SSSR count). The first kappa shape index (κ1) is 11.7. The molecule has 0 saturated heterocycles. The van der Waals surface area contributed by atoms with Gasteiger partial charge in [-0.3, -0.25) is 0 Å². The Morgan fingerprint density at radius 3 is 2.41 bits per heavy atom. The average molecular weight is 270 g/mol. The second-order valence-corrected chi connectivity index (χ2v) is 6.35. The molecule has 1 aromatic rings. The number of nitrogens with one attached hydrogen (secondary N) is 1. The molecule has 0 spiro atoms. The van der Waals surface area contributed by atoms with Gasteiger partial charge in [0.25, 0.3) is 0 Å². The number of hydrogen-bond acceptors (Lipinski definition) is 1. The Kier molecular flexibility index (Phi) is 3.23. The van der Waals surface area contributed by atoms with E-state index in [1.807, 2.05) is 12.1 Å². The van der Waals surface area contributed by atoms with Gasteiger partial charge in [0.15, 0.2) is 0 Å². The van der Waals surface area contributed by atoms with E-state index >= 15 is 0 Å². The SMILES string of the molecule is Clc1cc(Cl)cc(NCC2CC3CCC2C3)c1. The third-order valence-electron chi connectivity index (χ3n) is 4.32. The van der Waals surface area contributed by atoms with Gasteiger partial charge in [0.05, 0.1) is 0 Å². The molecule has 2 aliphatic rings. The van der Waals surface area contributed by atoms with Crippen LogP contribution in [-0.2, 0) is 0 Å². The number of rotatable bonds is 3. The van der Waals surface area contributed by atoms with E-state index in [0.717, 1.165) is 30.0 Å². The maximum absolute atomic E-state index is 5.98. The first-order chi connectivity index (χ1) is 8.20. The summed E-state index contributed by atoms with van der Waals surface area (Å²) in [6, 6.07) is 5.66. The molecule has 3 unspecified atom stereocenters. The van der Waals surface area contributed by atoms with E-state index in [1.54, 1.807) is 6.07 Å². The molecular weight excluding hydrogens is 253 g/mol. The Morgan fingerprint density at radius 1 is 1.06 bits per heavy atom. The number of anilines is 1. The molecule has 1 N–H and O–H groups in total. The fourth-order valence-electron chi connectivity index (χ4n) is 3.53. The van der Waals surface area contributed by atoms with Crippen molar-refractivity contribution in [1.82, 2.24) is 0 Å². The quantitative estimate of drug-likeness (QED) is 0.828. The largest absolute Gasteiger partial charge is 0.385 e. The monoisotopic (exact) mass is 269 g/mol. The van der Waals surface area contributed by atoms with E-state index in [0.29, 0.717) is 10.0 Å². The highest BCUT2D eigenvalue weighted by Gasteiger charge is 2.38. The fraction of sp³-hybridized carbons (Fsp3) is 0.571. The van der Waals surface area contributed by atoms with Crippen LogP contribution in [0.25, 0.3) is 0 Å². The van der Waals surface area contributed by atoms with Gasteiger partial charge in [-0.25, -0.2) is 0 Å². The molecule has 3 atom stereocenters. The van der Waals surface area contributed by atoms with E-state index in [-0.39, 0.29) is 0 Å². The third-order valence-corrected chi connectivity index (χ3v) is 4.75. The lowest BCUT2D eigenvalue weighted by Crippen LogP contribution is -2.20. The van der Waals surface area contributed by atoms with Gasteiger partial charge in [-0.1, -0.05) is 29.6 Å². The molecular formula is C14H17Cl2N. The molecule has 3 heteroatoms. The maximum atomic E-state index is 5.98. The van der Waals surface area contributed by atoms with Crippen LogP contribution in [0.4, 0.5) is 5.69 Å². The second-order valence-electron chi connectivity index (χ2n) is 5.47. The van der Waals surface area contributed by atoms with Crippen molar-refractivity contribution in [3.63, 3.8) is 0 Å². The van der Waals surface area contributed by atoms with Gasteiger partial charge in [-0.15, -0.1) is 0 Å². The summed E-state index contributed by atoms with van der Waals surface area (Å²) < 4.78 is 0. The molecule has 0 aromatic heterocycles. The molecule has 1 nitrogen and oxygen atoms in total. The molecule has 0 heterocycles. The minimum atomic E-state index is 0.702. The van der Waals surface area contributed by atoms with Crippen LogP contribution in [0.2, 0.25) is 10.0 Å². The summed E-state index contributed by atoms with van der Waals surface area (Å²) in [5.74, 6) is 2.82. The van der Waals surface area contributed by atoms with Crippen molar-refractivity contribution >= 4 is 28.9 Å². The molecule has 1 aromatic carbocycles. The summed E-state index contributed by atoms with van der Waals surface area (Å²) in [5, 5.41) is 4.89. The minimum absolute atomic E-state index is 0.702. The highest BCUT2D eigenvalue weighted by molar-refractivity contribution is 6.35. The highest BCUT2D eigenvalue weighted by Crippen LogP contribution is 2.48. The third kappa shape index (κ3) is 2.56. The van der Waals surface area contributed by atoms with Crippen molar-refractivity contribution in [2.45, 2.75) is 25.7 Å². The lowest BCUT2D eigenvalue weighted by Gasteiger charge is -2.22. The zero-order chi connectivity index (χ0) is 11.8. The fourth-order valence-corrected chi connectivity index (χ4v) is 4.06. The standard InChI is InChI=1S/C14H17Cl2N/c15-12-5-13(16)7-14(6-12)17-8-11-4-9-1-2-10(11)3-9/h5-7,9-11,17H,1-4,8H2. The van der Waals surface area contributed by atoms with E-state index in [1.165, 1.54) is 25.7 Å².